The second-order valence-corrected chi connectivity index (χ2v) is 6.55. The second kappa shape index (κ2) is 6.91. The van der Waals surface area contributed by atoms with Gasteiger partial charge in [0.25, 0.3) is 0 Å². The maximum absolute atomic E-state index is 12.8. The molecule has 1 N–H and O–H groups in total. The van der Waals surface area contributed by atoms with Crippen LogP contribution in [0.3, 0.4) is 0 Å². The van der Waals surface area contributed by atoms with Crippen LogP contribution in [0, 0.1) is 0 Å². The molecule has 0 saturated carbocycles. The zero-order chi connectivity index (χ0) is 16.3. The van der Waals surface area contributed by atoms with Gasteiger partial charge in [-0.3, -0.25) is 4.79 Å². The molecule has 1 aromatic rings. The molecule has 0 aromatic heterocycles. The van der Waals surface area contributed by atoms with Crippen LogP contribution in [0.1, 0.15) is 30.3 Å². The lowest BCUT2D eigenvalue weighted by molar-refractivity contribution is -0.137. The minimum absolute atomic E-state index is 0.0297. The highest BCUT2D eigenvalue weighted by Gasteiger charge is 2.35. The SMILES string of the molecule is CC(C)NCCN1C(=O)CS[C@H]1c1cccc(C(F)(F)F)c1. The first-order chi connectivity index (χ1) is 10.3. The van der Waals surface area contributed by atoms with Gasteiger partial charge in [-0.25, -0.2) is 0 Å². The Labute approximate surface area is 132 Å². The standard InChI is InChI=1S/C15H19F3N2OS/c1-10(2)19-6-7-20-13(21)9-22-14(20)11-4-3-5-12(8-11)15(16,17)18/h3-5,8,10,14,19H,6-7,9H2,1-2H3/t14-/m0/s1. The number of nitrogens with zero attached hydrogens (tertiary/aromatic N) is 1. The zero-order valence-electron chi connectivity index (χ0n) is 12.5. The van der Waals surface area contributed by atoms with E-state index in [2.05, 4.69) is 5.32 Å². The van der Waals surface area contributed by atoms with Crippen molar-refractivity contribution in [3.05, 3.63) is 35.4 Å². The number of benzene rings is 1. The molecule has 1 saturated heterocycles. The molecule has 0 radical (unpaired) electrons. The van der Waals surface area contributed by atoms with E-state index in [1.807, 2.05) is 13.8 Å². The molecule has 122 valence electrons. The topological polar surface area (TPSA) is 32.3 Å². The van der Waals surface area contributed by atoms with Crippen molar-refractivity contribution in [1.29, 1.82) is 0 Å². The molecule has 0 unspecified atom stereocenters. The van der Waals surface area contributed by atoms with Gasteiger partial charge in [0.05, 0.1) is 11.3 Å². The van der Waals surface area contributed by atoms with Crippen LogP contribution < -0.4 is 5.32 Å². The molecule has 0 spiro atoms. The molecule has 2 rings (SSSR count). The number of carbonyl (C=O) groups is 1. The van der Waals surface area contributed by atoms with Crippen LogP contribution >= 0.6 is 11.8 Å². The van der Waals surface area contributed by atoms with Gasteiger partial charge in [0.1, 0.15) is 5.37 Å². The lowest BCUT2D eigenvalue weighted by Gasteiger charge is -2.25. The molecule has 1 heterocycles. The Balaban J connectivity index is 2.14. The average Bonchev–Trinajstić information content (AvgIpc) is 2.79. The monoisotopic (exact) mass is 332 g/mol. The van der Waals surface area contributed by atoms with Crippen molar-refractivity contribution in [3.8, 4) is 0 Å². The third-order valence-corrected chi connectivity index (χ3v) is 4.63. The van der Waals surface area contributed by atoms with Crippen LogP contribution in [-0.2, 0) is 11.0 Å². The fourth-order valence-corrected chi connectivity index (χ4v) is 3.52. The maximum atomic E-state index is 12.8. The summed E-state index contributed by atoms with van der Waals surface area (Å²) in [6.07, 6.45) is -4.37. The molecular formula is C15H19F3N2OS. The summed E-state index contributed by atoms with van der Waals surface area (Å²) >= 11 is 1.37. The largest absolute Gasteiger partial charge is 0.416 e. The van der Waals surface area contributed by atoms with Crippen LogP contribution in [0.25, 0.3) is 0 Å². The van der Waals surface area contributed by atoms with Gasteiger partial charge in [0.2, 0.25) is 5.91 Å². The summed E-state index contributed by atoms with van der Waals surface area (Å²) in [5.74, 6) is 0.278. The van der Waals surface area contributed by atoms with Crippen LogP contribution in [0.5, 0.6) is 0 Å². The van der Waals surface area contributed by atoms with Crippen LogP contribution in [0.2, 0.25) is 0 Å². The highest BCUT2D eigenvalue weighted by atomic mass is 32.2. The number of hydrogen-bond acceptors (Lipinski definition) is 3. The summed E-state index contributed by atoms with van der Waals surface area (Å²) < 4.78 is 38.5. The predicted octanol–water partition coefficient (Wildman–Crippen LogP) is 3.28. The van der Waals surface area contributed by atoms with Crippen molar-refractivity contribution >= 4 is 17.7 Å². The minimum atomic E-state index is -4.37. The summed E-state index contributed by atoms with van der Waals surface area (Å²) in [5.41, 5.74) is -0.152. The van der Waals surface area contributed by atoms with Crippen LogP contribution in [0.15, 0.2) is 24.3 Å². The van der Waals surface area contributed by atoms with Gasteiger partial charge in [-0.1, -0.05) is 26.0 Å². The minimum Gasteiger partial charge on any atom is -0.325 e. The predicted molar refractivity (Wildman–Crippen MR) is 81.5 cm³/mol. The van der Waals surface area contributed by atoms with Crippen molar-refractivity contribution in [2.24, 2.45) is 0 Å². The maximum Gasteiger partial charge on any atom is 0.416 e. The smallest absolute Gasteiger partial charge is 0.325 e. The molecule has 3 nitrogen and oxygen atoms in total. The Hall–Kier alpha value is -1.21. The highest BCUT2D eigenvalue weighted by molar-refractivity contribution is 8.00. The molecule has 1 aliphatic rings. The fourth-order valence-electron chi connectivity index (χ4n) is 2.31. The number of halogens is 3. The molecule has 0 bridgehead atoms. The van der Waals surface area contributed by atoms with E-state index in [0.29, 0.717) is 30.4 Å². The molecule has 22 heavy (non-hydrogen) atoms. The number of rotatable bonds is 5. The summed E-state index contributed by atoms with van der Waals surface area (Å²) in [6.45, 7) is 5.13. The number of amides is 1. The molecule has 1 aromatic carbocycles. The van der Waals surface area contributed by atoms with E-state index in [-0.39, 0.29) is 11.3 Å². The average molecular weight is 332 g/mol. The first-order valence-corrected chi connectivity index (χ1v) is 8.15. The highest BCUT2D eigenvalue weighted by Crippen LogP contribution is 2.40. The lowest BCUT2D eigenvalue weighted by Crippen LogP contribution is -2.37. The molecule has 0 aliphatic carbocycles. The van der Waals surface area contributed by atoms with Crippen molar-refractivity contribution in [1.82, 2.24) is 10.2 Å². The van der Waals surface area contributed by atoms with Gasteiger partial charge in [0, 0.05) is 19.1 Å². The summed E-state index contributed by atoms with van der Waals surface area (Å²) in [6, 6.07) is 5.53. The fraction of sp³-hybridized carbons (Fsp3) is 0.533. The molecular weight excluding hydrogens is 313 g/mol. The van der Waals surface area contributed by atoms with E-state index in [1.165, 1.54) is 17.8 Å². The number of nitrogens with one attached hydrogen (secondary N) is 1. The number of hydrogen-bond donors (Lipinski definition) is 1. The van der Waals surface area contributed by atoms with E-state index < -0.39 is 11.7 Å². The van der Waals surface area contributed by atoms with Gasteiger partial charge < -0.3 is 10.2 Å². The molecule has 7 heteroatoms. The quantitative estimate of drug-likeness (QED) is 0.898. The second-order valence-electron chi connectivity index (χ2n) is 5.48. The summed E-state index contributed by atoms with van der Waals surface area (Å²) in [4.78, 5) is 13.6. The number of thioether (sulfide) groups is 1. The lowest BCUT2D eigenvalue weighted by atomic mass is 10.1. The van der Waals surface area contributed by atoms with Gasteiger partial charge in [0.15, 0.2) is 0 Å². The van der Waals surface area contributed by atoms with E-state index in [4.69, 9.17) is 0 Å². The van der Waals surface area contributed by atoms with Gasteiger partial charge in [-0.2, -0.15) is 13.2 Å². The first-order valence-electron chi connectivity index (χ1n) is 7.10. The van der Waals surface area contributed by atoms with E-state index in [0.717, 1.165) is 12.1 Å². The van der Waals surface area contributed by atoms with Crippen molar-refractivity contribution in [2.75, 3.05) is 18.8 Å². The van der Waals surface area contributed by atoms with E-state index >= 15 is 0 Å². The summed E-state index contributed by atoms with van der Waals surface area (Å²) in [5, 5.41) is 2.87. The van der Waals surface area contributed by atoms with E-state index in [1.54, 1.807) is 11.0 Å². The molecule has 1 fully saturated rings. The molecule has 1 aliphatic heterocycles. The Bertz CT molecular complexity index is 534. The zero-order valence-corrected chi connectivity index (χ0v) is 13.3. The Morgan fingerprint density at radius 3 is 2.77 bits per heavy atom. The van der Waals surface area contributed by atoms with Crippen LogP contribution in [-0.4, -0.2) is 35.7 Å². The van der Waals surface area contributed by atoms with E-state index in [9.17, 15) is 18.0 Å². The molecule has 1 amide bonds. The van der Waals surface area contributed by atoms with Gasteiger partial charge in [-0.15, -0.1) is 11.8 Å². The Kier molecular flexibility index (Phi) is 5.39. The van der Waals surface area contributed by atoms with Gasteiger partial charge in [-0.05, 0) is 17.7 Å². The van der Waals surface area contributed by atoms with Crippen molar-refractivity contribution in [2.45, 2.75) is 31.4 Å². The first kappa shape index (κ1) is 17.1. The molecule has 1 atom stereocenters. The van der Waals surface area contributed by atoms with Crippen LogP contribution in [0.4, 0.5) is 13.2 Å². The summed E-state index contributed by atoms with van der Waals surface area (Å²) in [7, 11) is 0. The normalized spacial score (nSPS) is 19.3. The Morgan fingerprint density at radius 2 is 2.14 bits per heavy atom. The number of alkyl halides is 3. The Morgan fingerprint density at radius 1 is 1.41 bits per heavy atom. The van der Waals surface area contributed by atoms with Crippen molar-refractivity contribution in [3.63, 3.8) is 0 Å². The number of carbonyl (C=O) groups excluding carboxylic acids is 1. The third kappa shape index (κ3) is 4.16. The van der Waals surface area contributed by atoms with Gasteiger partial charge >= 0.3 is 6.18 Å². The van der Waals surface area contributed by atoms with Crippen molar-refractivity contribution < 1.29 is 18.0 Å². The third-order valence-electron chi connectivity index (χ3n) is 3.37.